The van der Waals surface area contributed by atoms with E-state index in [0.717, 1.165) is 16.9 Å². The maximum Gasteiger partial charge on any atom is 0.305 e. The predicted octanol–water partition coefficient (Wildman–Crippen LogP) is 2.80. The van der Waals surface area contributed by atoms with Crippen LogP contribution in [0.2, 0.25) is 0 Å². The molecule has 0 amide bonds. The highest BCUT2D eigenvalue weighted by Gasteiger charge is 2.40. The standard InChI is InChI=1S/C14H17NO4/c1-8-11-6-9(18-2)4-5-10(11)14(15-17)12(8)7-13(16)19-3/h4-6,8,12,14H,7H2,1-3H3. The van der Waals surface area contributed by atoms with Crippen molar-refractivity contribution in [3.8, 4) is 5.75 Å². The lowest BCUT2D eigenvalue weighted by atomic mass is 9.90. The van der Waals surface area contributed by atoms with Gasteiger partial charge in [0.25, 0.3) is 0 Å². The van der Waals surface area contributed by atoms with E-state index in [4.69, 9.17) is 4.74 Å². The second kappa shape index (κ2) is 5.38. The molecule has 0 saturated carbocycles. The topological polar surface area (TPSA) is 65.0 Å². The number of nitrogens with zero attached hydrogens (tertiary/aromatic N) is 1. The summed E-state index contributed by atoms with van der Waals surface area (Å²) in [5, 5.41) is 3.20. The third-order valence-corrected chi connectivity index (χ3v) is 3.89. The fourth-order valence-electron chi connectivity index (χ4n) is 2.78. The summed E-state index contributed by atoms with van der Waals surface area (Å²) in [5.74, 6) is 0.359. The molecule has 3 unspecified atom stereocenters. The lowest BCUT2D eigenvalue weighted by molar-refractivity contribution is -0.142. The average Bonchev–Trinajstić information content (AvgIpc) is 2.70. The van der Waals surface area contributed by atoms with Crippen molar-refractivity contribution < 1.29 is 14.3 Å². The van der Waals surface area contributed by atoms with Crippen molar-refractivity contribution in [2.75, 3.05) is 14.2 Å². The van der Waals surface area contributed by atoms with Crippen molar-refractivity contribution in [2.45, 2.75) is 25.3 Å². The molecule has 1 aromatic carbocycles. The number of esters is 1. The monoisotopic (exact) mass is 263 g/mol. The van der Waals surface area contributed by atoms with Crippen LogP contribution in [0.4, 0.5) is 0 Å². The van der Waals surface area contributed by atoms with E-state index in [9.17, 15) is 9.70 Å². The number of hydrogen-bond acceptors (Lipinski definition) is 5. The van der Waals surface area contributed by atoms with Crippen molar-refractivity contribution in [3.05, 3.63) is 34.2 Å². The quantitative estimate of drug-likeness (QED) is 0.619. The molecule has 0 N–H and O–H groups in total. The Kier molecular flexibility index (Phi) is 3.83. The first-order valence-corrected chi connectivity index (χ1v) is 6.19. The number of methoxy groups -OCH3 is 2. The minimum atomic E-state index is -0.491. The lowest BCUT2D eigenvalue weighted by Gasteiger charge is -2.16. The lowest BCUT2D eigenvalue weighted by Crippen LogP contribution is -2.15. The van der Waals surface area contributed by atoms with Gasteiger partial charge in [0.1, 0.15) is 11.8 Å². The van der Waals surface area contributed by atoms with Crippen LogP contribution in [-0.4, -0.2) is 20.2 Å². The molecule has 3 atom stereocenters. The SMILES string of the molecule is COC(=O)CC1C(C)c2cc(OC)ccc2C1N=O. The predicted molar refractivity (Wildman–Crippen MR) is 70.1 cm³/mol. The Balaban J connectivity index is 2.35. The minimum absolute atomic E-state index is 0.0758. The highest BCUT2D eigenvalue weighted by molar-refractivity contribution is 5.70. The number of carbonyl (C=O) groups excluding carboxylic acids is 1. The molecule has 0 aromatic heterocycles. The number of nitroso groups, excluding NO2 is 1. The van der Waals surface area contributed by atoms with Gasteiger partial charge in [-0.25, -0.2) is 0 Å². The number of fused-ring (bicyclic) bond motifs is 1. The fourth-order valence-corrected chi connectivity index (χ4v) is 2.78. The zero-order chi connectivity index (χ0) is 14.0. The number of rotatable bonds is 4. The van der Waals surface area contributed by atoms with E-state index < -0.39 is 6.04 Å². The summed E-state index contributed by atoms with van der Waals surface area (Å²) in [5.41, 5.74) is 1.91. The third-order valence-electron chi connectivity index (χ3n) is 3.89. The van der Waals surface area contributed by atoms with Gasteiger partial charge >= 0.3 is 5.97 Å². The summed E-state index contributed by atoms with van der Waals surface area (Å²) in [4.78, 5) is 22.6. The van der Waals surface area contributed by atoms with Crippen molar-refractivity contribution >= 4 is 5.97 Å². The normalized spacial score (nSPS) is 24.7. The van der Waals surface area contributed by atoms with E-state index >= 15 is 0 Å². The smallest absolute Gasteiger partial charge is 0.305 e. The van der Waals surface area contributed by atoms with E-state index in [-0.39, 0.29) is 24.2 Å². The molecule has 5 nitrogen and oxygen atoms in total. The Labute approximate surface area is 111 Å². The first kappa shape index (κ1) is 13.5. The van der Waals surface area contributed by atoms with Crippen LogP contribution in [0.1, 0.15) is 36.4 Å². The number of ether oxygens (including phenoxy) is 2. The molecule has 0 fully saturated rings. The van der Waals surface area contributed by atoms with Gasteiger partial charge in [0.15, 0.2) is 0 Å². The summed E-state index contributed by atoms with van der Waals surface area (Å²) >= 11 is 0. The first-order chi connectivity index (χ1) is 9.12. The molecule has 0 radical (unpaired) electrons. The van der Waals surface area contributed by atoms with Gasteiger partial charge in [0.05, 0.1) is 20.6 Å². The Bertz CT molecular complexity index is 500. The summed E-state index contributed by atoms with van der Waals surface area (Å²) in [6, 6.07) is 5.09. The molecule has 5 heteroatoms. The summed E-state index contributed by atoms with van der Waals surface area (Å²) < 4.78 is 9.88. The molecule has 0 saturated heterocycles. The molecular formula is C14H17NO4. The third kappa shape index (κ3) is 2.32. The molecule has 0 heterocycles. The van der Waals surface area contributed by atoms with Gasteiger partial charge in [-0.1, -0.05) is 18.2 Å². The van der Waals surface area contributed by atoms with Crippen LogP contribution in [0.25, 0.3) is 0 Å². The highest BCUT2D eigenvalue weighted by atomic mass is 16.5. The fraction of sp³-hybridized carbons (Fsp3) is 0.500. The molecule has 102 valence electrons. The molecule has 1 aliphatic rings. The maximum absolute atomic E-state index is 11.5. The maximum atomic E-state index is 11.5. The van der Waals surface area contributed by atoms with Crippen LogP contribution >= 0.6 is 0 Å². The zero-order valence-corrected chi connectivity index (χ0v) is 11.3. The van der Waals surface area contributed by atoms with Crippen LogP contribution in [0.5, 0.6) is 5.75 Å². The summed E-state index contributed by atoms with van der Waals surface area (Å²) in [7, 11) is 2.95. The molecule has 1 aliphatic carbocycles. The van der Waals surface area contributed by atoms with Gasteiger partial charge in [0, 0.05) is 5.92 Å². The Morgan fingerprint density at radius 2 is 2.05 bits per heavy atom. The Hall–Kier alpha value is -1.91. The van der Waals surface area contributed by atoms with Crippen molar-refractivity contribution in [3.63, 3.8) is 0 Å². The van der Waals surface area contributed by atoms with Gasteiger partial charge in [-0.05, 0) is 29.2 Å². The molecule has 1 aromatic rings. The second-order valence-electron chi connectivity index (χ2n) is 4.78. The van der Waals surface area contributed by atoms with Gasteiger partial charge < -0.3 is 9.47 Å². The van der Waals surface area contributed by atoms with E-state index in [1.54, 1.807) is 7.11 Å². The summed E-state index contributed by atoms with van der Waals surface area (Å²) in [6.45, 7) is 2.00. The molecule has 0 aliphatic heterocycles. The van der Waals surface area contributed by atoms with E-state index in [1.165, 1.54) is 7.11 Å². The zero-order valence-electron chi connectivity index (χ0n) is 11.3. The second-order valence-corrected chi connectivity index (χ2v) is 4.78. The van der Waals surface area contributed by atoms with E-state index in [1.807, 2.05) is 25.1 Å². The number of carbonyl (C=O) groups is 1. The van der Waals surface area contributed by atoms with Gasteiger partial charge in [-0.2, -0.15) is 4.91 Å². The molecule has 19 heavy (non-hydrogen) atoms. The van der Waals surface area contributed by atoms with Crippen LogP contribution in [0.3, 0.4) is 0 Å². The van der Waals surface area contributed by atoms with Crippen LogP contribution in [0.15, 0.2) is 23.4 Å². The van der Waals surface area contributed by atoms with Gasteiger partial charge in [-0.15, -0.1) is 0 Å². The average molecular weight is 263 g/mol. The largest absolute Gasteiger partial charge is 0.497 e. The van der Waals surface area contributed by atoms with E-state index in [2.05, 4.69) is 9.91 Å². The van der Waals surface area contributed by atoms with Crippen molar-refractivity contribution in [2.24, 2.45) is 11.1 Å². The van der Waals surface area contributed by atoms with Gasteiger partial charge in [-0.3, -0.25) is 4.79 Å². The van der Waals surface area contributed by atoms with Gasteiger partial charge in [0.2, 0.25) is 0 Å². The molecule has 2 rings (SSSR count). The minimum Gasteiger partial charge on any atom is -0.497 e. The molecular weight excluding hydrogens is 246 g/mol. The van der Waals surface area contributed by atoms with Crippen LogP contribution in [-0.2, 0) is 9.53 Å². The summed E-state index contributed by atoms with van der Waals surface area (Å²) in [6.07, 6.45) is 0.199. The molecule has 0 spiro atoms. The highest BCUT2D eigenvalue weighted by Crippen LogP contribution is 2.49. The Morgan fingerprint density at radius 3 is 2.63 bits per heavy atom. The Morgan fingerprint density at radius 1 is 1.32 bits per heavy atom. The van der Waals surface area contributed by atoms with E-state index in [0.29, 0.717) is 0 Å². The van der Waals surface area contributed by atoms with Crippen molar-refractivity contribution in [1.82, 2.24) is 0 Å². The number of benzene rings is 1. The number of hydrogen-bond donors (Lipinski definition) is 0. The van der Waals surface area contributed by atoms with Crippen LogP contribution in [0, 0.1) is 10.8 Å². The van der Waals surface area contributed by atoms with Crippen molar-refractivity contribution in [1.29, 1.82) is 0 Å². The first-order valence-electron chi connectivity index (χ1n) is 6.19. The molecule has 0 bridgehead atoms. The van der Waals surface area contributed by atoms with Crippen LogP contribution < -0.4 is 4.74 Å².